The second kappa shape index (κ2) is 5.97. The highest BCUT2D eigenvalue weighted by Crippen LogP contribution is 2.54. The molecule has 0 bridgehead atoms. The van der Waals surface area contributed by atoms with E-state index in [4.69, 9.17) is 0 Å². The van der Waals surface area contributed by atoms with Gasteiger partial charge in [0.1, 0.15) is 6.07 Å². The van der Waals surface area contributed by atoms with Crippen LogP contribution in [-0.2, 0) is 5.41 Å². The Bertz CT molecular complexity index is 1260. The lowest BCUT2D eigenvalue weighted by Gasteiger charge is -2.43. The summed E-state index contributed by atoms with van der Waals surface area (Å²) in [6.07, 6.45) is 0. The van der Waals surface area contributed by atoms with Crippen LogP contribution in [-0.4, -0.2) is 0 Å². The van der Waals surface area contributed by atoms with Gasteiger partial charge in [-0.2, -0.15) is 5.26 Å². The van der Waals surface area contributed by atoms with Crippen molar-refractivity contribution >= 4 is 27.8 Å². The number of benzene rings is 4. The van der Waals surface area contributed by atoms with E-state index in [1.54, 1.807) is 0 Å². The van der Waals surface area contributed by atoms with Crippen molar-refractivity contribution in [1.82, 2.24) is 0 Å². The van der Waals surface area contributed by atoms with E-state index < -0.39 is 0 Å². The van der Waals surface area contributed by atoms with Gasteiger partial charge in [0, 0.05) is 5.41 Å². The van der Waals surface area contributed by atoms with Crippen molar-refractivity contribution in [3.63, 3.8) is 0 Å². The van der Waals surface area contributed by atoms with Gasteiger partial charge in [-0.25, -0.2) is 0 Å². The third kappa shape index (κ3) is 2.20. The van der Waals surface area contributed by atoms with Crippen LogP contribution in [0, 0.1) is 11.3 Å². The third-order valence-electron chi connectivity index (χ3n) is 5.86. The molecule has 0 N–H and O–H groups in total. The van der Waals surface area contributed by atoms with E-state index in [1.165, 1.54) is 21.9 Å². The highest BCUT2D eigenvalue weighted by atomic mass is 15.2. The molecule has 28 heavy (non-hydrogen) atoms. The van der Waals surface area contributed by atoms with Crippen LogP contribution in [0.3, 0.4) is 0 Å². The van der Waals surface area contributed by atoms with Crippen LogP contribution in [0.15, 0.2) is 84.9 Å². The predicted molar refractivity (Wildman–Crippen MR) is 115 cm³/mol. The smallest absolute Gasteiger partial charge is 0.101 e. The molecule has 0 amide bonds. The molecule has 0 aliphatic carbocycles. The first-order valence-electron chi connectivity index (χ1n) is 9.54. The van der Waals surface area contributed by atoms with Gasteiger partial charge in [-0.05, 0) is 46.2 Å². The van der Waals surface area contributed by atoms with Crippen LogP contribution in [0.2, 0.25) is 0 Å². The van der Waals surface area contributed by atoms with Crippen LogP contribution in [0.25, 0.3) is 10.8 Å². The van der Waals surface area contributed by atoms with Gasteiger partial charge in [-0.3, -0.25) is 0 Å². The number of para-hydroxylation sites is 2. The molecule has 0 saturated heterocycles. The Hall–Kier alpha value is -3.57. The maximum Gasteiger partial charge on any atom is 0.101 e. The second-order valence-corrected chi connectivity index (χ2v) is 7.79. The lowest BCUT2D eigenvalue weighted by atomic mass is 9.71. The lowest BCUT2D eigenvalue weighted by molar-refractivity contribution is 0.638. The van der Waals surface area contributed by atoms with Crippen molar-refractivity contribution in [3.05, 3.63) is 102 Å². The molecule has 0 fully saturated rings. The quantitative estimate of drug-likeness (QED) is 0.372. The summed E-state index contributed by atoms with van der Waals surface area (Å²) in [5, 5.41) is 12.2. The molecule has 134 valence electrons. The van der Waals surface area contributed by atoms with Crippen molar-refractivity contribution in [2.24, 2.45) is 0 Å². The van der Waals surface area contributed by atoms with Crippen molar-refractivity contribution in [1.29, 1.82) is 5.26 Å². The Morgan fingerprint density at radius 3 is 2.21 bits per heavy atom. The molecule has 0 radical (unpaired) electrons. The van der Waals surface area contributed by atoms with Crippen LogP contribution in [0.5, 0.6) is 0 Å². The second-order valence-electron chi connectivity index (χ2n) is 7.79. The van der Waals surface area contributed by atoms with Crippen molar-refractivity contribution in [2.45, 2.75) is 19.3 Å². The maximum absolute atomic E-state index is 9.74. The normalized spacial score (nSPS) is 14.2. The monoisotopic (exact) mass is 360 g/mol. The molecular formula is C26H20N2. The molecule has 0 atom stereocenters. The molecule has 2 heteroatoms. The van der Waals surface area contributed by atoms with Gasteiger partial charge in [0.15, 0.2) is 0 Å². The molecule has 0 unspecified atom stereocenters. The number of rotatable bonds is 1. The Balaban J connectivity index is 1.93. The Morgan fingerprint density at radius 2 is 1.39 bits per heavy atom. The van der Waals surface area contributed by atoms with E-state index in [2.05, 4.69) is 85.5 Å². The maximum atomic E-state index is 9.74. The molecular weight excluding hydrogens is 340 g/mol. The number of anilines is 3. The topological polar surface area (TPSA) is 27.0 Å². The minimum Gasteiger partial charge on any atom is -0.309 e. The van der Waals surface area contributed by atoms with E-state index >= 15 is 0 Å². The van der Waals surface area contributed by atoms with Crippen molar-refractivity contribution in [2.75, 3.05) is 4.90 Å². The summed E-state index contributed by atoms with van der Waals surface area (Å²) in [7, 11) is 0. The van der Waals surface area contributed by atoms with Gasteiger partial charge < -0.3 is 4.90 Å². The van der Waals surface area contributed by atoms with E-state index in [9.17, 15) is 5.26 Å². The highest BCUT2D eigenvalue weighted by Gasteiger charge is 2.38. The van der Waals surface area contributed by atoms with Gasteiger partial charge in [0.2, 0.25) is 0 Å². The van der Waals surface area contributed by atoms with E-state index in [0.29, 0.717) is 5.56 Å². The molecule has 1 aliphatic rings. The fourth-order valence-corrected chi connectivity index (χ4v) is 4.59. The summed E-state index contributed by atoms with van der Waals surface area (Å²) in [4.78, 5) is 2.25. The molecule has 4 aromatic rings. The Labute approximate surface area is 165 Å². The first-order valence-corrected chi connectivity index (χ1v) is 9.54. The zero-order valence-corrected chi connectivity index (χ0v) is 16.0. The fraction of sp³-hybridized carbons (Fsp3) is 0.115. The number of hydrogen-bond acceptors (Lipinski definition) is 2. The number of nitriles is 1. The largest absolute Gasteiger partial charge is 0.309 e. The zero-order valence-electron chi connectivity index (χ0n) is 16.0. The molecule has 2 nitrogen and oxygen atoms in total. The third-order valence-corrected chi connectivity index (χ3v) is 5.86. The SMILES string of the molecule is CC1(C)c2ccccc2N(c2ccccc2C#N)c2ccc3ccccc3c21. The standard InChI is InChI=1S/C26H20N2/c1-26(2)21-12-6-8-14-23(21)28(22-13-7-4-10-19(22)17-27)24-16-15-18-9-3-5-11-20(18)25(24)26/h3-16H,1-2H3. The Kier molecular flexibility index (Phi) is 3.54. The Morgan fingerprint density at radius 1 is 0.714 bits per heavy atom. The average molecular weight is 360 g/mol. The van der Waals surface area contributed by atoms with Crippen LogP contribution >= 0.6 is 0 Å². The van der Waals surface area contributed by atoms with Crippen molar-refractivity contribution < 1.29 is 0 Å². The number of hydrogen-bond donors (Lipinski definition) is 0. The molecule has 1 aliphatic heterocycles. The van der Waals surface area contributed by atoms with Crippen molar-refractivity contribution in [3.8, 4) is 6.07 Å². The summed E-state index contributed by atoms with van der Waals surface area (Å²) in [5.74, 6) is 0. The first kappa shape index (κ1) is 16.6. The minimum absolute atomic E-state index is 0.148. The van der Waals surface area contributed by atoms with E-state index in [1.807, 2.05) is 24.3 Å². The van der Waals surface area contributed by atoms with Gasteiger partial charge in [-0.1, -0.05) is 74.5 Å². The van der Waals surface area contributed by atoms with Gasteiger partial charge >= 0.3 is 0 Å². The summed E-state index contributed by atoms with van der Waals surface area (Å²) in [6.45, 7) is 4.59. The number of nitrogens with zero attached hydrogens (tertiary/aromatic N) is 2. The first-order chi connectivity index (χ1) is 13.6. The predicted octanol–water partition coefficient (Wildman–Crippen LogP) is 6.82. The summed E-state index contributed by atoms with van der Waals surface area (Å²) >= 11 is 0. The summed E-state index contributed by atoms with van der Waals surface area (Å²) < 4.78 is 0. The van der Waals surface area contributed by atoms with Gasteiger partial charge in [0.25, 0.3) is 0 Å². The summed E-state index contributed by atoms with van der Waals surface area (Å²) in [6, 6.07) is 31.7. The molecule has 0 spiro atoms. The fourth-order valence-electron chi connectivity index (χ4n) is 4.59. The zero-order chi connectivity index (χ0) is 19.3. The highest BCUT2D eigenvalue weighted by molar-refractivity contribution is 5.98. The van der Waals surface area contributed by atoms with Gasteiger partial charge in [0.05, 0.1) is 22.6 Å². The molecule has 4 aromatic carbocycles. The van der Waals surface area contributed by atoms with E-state index in [-0.39, 0.29) is 5.41 Å². The molecule has 5 rings (SSSR count). The molecule has 0 saturated carbocycles. The summed E-state index contributed by atoms with van der Waals surface area (Å²) in [5.41, 5.74) is 6.30. The lowest BCUT2D eigenvalue weighted by Crippen LogP contribution is -2.31. The van der Waals surface area contributed by atoms with E-state index in [0.717, 1.165) is 17.1 Å². The number of fused-ring (bicyclic) bond motifs is 4. The average Bonchev–Trinajstić information content (AvgIpc) is 2.74. The van der Waals surface area contributed by atoms with Crippen LogP contribution in [0.1, 0.15) is 30.5 Å². The molecule has 1 heterocycles. The minimum atomic E-state index is -0.148. The van der Waals surface area contributed by atoms with Crippen LogP contribution in [0.4, 0.5) is 17.1 Å². The van der Waals surface area contributed by atoms with Crippen LogP contribution < -0.4 is 4.90 Å². The molecule has 0 aromatic heterocycles. The van der Waals surface area contributed by atoms with Gasteiger partial charge in [-0.15, -0.1) is 0 Å².